The van der Waals surface area contributed by atoms with Crippen molar-refractivity contribution in [1.82, 2.24) is 15.3 Å². The first kappa shape index (κ1) is 29.5. The summed E-state index contributed by atoms with van der Waals surface area (Å²) in [4.78, 5) is 45.1. The molecule has 226 valence electrons. The van der Waals surface area contributed by atoms with Gasteiger partial charge in [0, 0.05) is 18.3 Å². The molecule has 3 fully saturated rings. The second-order valence-electron chi connectivity index (χ2n) is 11.0. The van der Waals surface area contributed by atoms with Gasteiger partial charge in [0.1, 0.15) is 11.4 Å². The number of aromatic nitrogens is 2. The Labute approximate surface area is 238 Å². The lowest BCUT2D eigenvalue weighted by molar-refractivity contribution is -0.143. The number of nitrogens with one attached hydrogen (secondary N) is 2. The summed E-state index contributed by atoms with van der Waals surface area (Å²) in [6.07, 6.45) is -0.466. The van der Waals surface area contributed by atoms with E-state index < -0.39 is 65.4 Å². The molecule has 3 aliphatic rings. The standard InChI is InChI=1S/C28H30F4N4O6/c1-41-19-12-18(29)20(42-16-6-4-13(5-7-16)26(39)40)11-17(19)24(37)35-23-15-3-2-14(10-15)22(23)25(38)36-27-33-9-8-21(34-27)28(30,31)32/h8-9,11-16,22-23H,2-7,10H2,1H3,(H,35,37)(H,39,40)(H,33,34,36,38)/t13-,14-,15+,16+,22+,23-/m1/s1. The summed E-state index contributed by atoms with van der Waals surface area (Å²) in [5.74, 6) is -4.91. The van der Waals surface area contributed by atoms with E-state index in [4.69, 9.17) is 9.47 Å². The summed E-state index contributed by atoms with van der Waals surface area (Å²) in [5.41, 5.74) is -1.21. The topological polar surface area (TPSA) is 140 Å². The number of benzene rings is 1. The molecule has 2 bridgehead atoms. The van der Waals surface area contributed by atoms with Gasteiger partial charge in [-0.25, -0.2) is 14.4 Å². The lowest BCUT2D eigenvalue weighted by Gasteiger charge is -2.31. The molecule has 1 aromatic heterocycles. The van der Waals surface area contributed by atoms with Gasteiger partial charge in [-0.05, 0) is 68.9 Å². The number of carbonyl (C=O) groups excluding carboxylic acids is 2. The number of hydrogen-bond acceptors (Lipinski definition) is 7. The maximum atomic E-state index is 14.9. The highest BCUT2D eigenvalue weighted by molar-refractivity contribution is 5.99. The van der Waals surface area contributed by atoms with Gasteiger partial charge < -0.3 is 19.9 Å². The van der Waals surface area contributed by atoms with Crippen LogP contribution in [0.5, 0.6) is 11.5 Å². The number of anilines is 1. The van der Waals surface area contributed by atoms with E-state index in [1.807, 2.05) is 0 Å². The Kier molecular flexibility index (Phi) is 8.24. The number of carbonyl (C=O) groups is 3. The third-order valence-corrected chi connectivity index (χ3v) is 8.51. The monoisotopic (exact) mass is 594 g/mol. The molecule has 3 saturated carbocycles. The van der Waals surface area contributed by atoms with E-state index in [1.54, 1.807) is 0 Å². The highest BCUT2D eigenvalue weighted by atomic mass is 19.4. The number of methoxy groups -OCH3 is 1. The zero-order valence-electron chi connectivity index (χ0n) is 22.6. The Hall–Kier alpha value is -3.97. The van der Waals surface area contributed by atoms with E-state index in [0.29, 0.717) is 38.2 Å². The van der Waals surface area contributed by atoms with Crippen LogP contribution in [0.15, 0.2) is 24.4 Å². The van der Waals surface area contributed by atoms with Gasteiger partial charge >= 0.3 is 12.1 Å². The van der Waals surface area contributed by atoms with Crippen LogP contribution in [-0.4, -0.2) is 52.1 Å². The molecule has 0 radical (unpaired) electrons. The summed E-state index contributed by atoms with van der Waals surface area (Å²) in [7, 11) is 1.28. The molecule has 4 atom stereocenters. The molecule has 1 aromatic carbocycles. The average Bonchev–Trinajstić information content (AvgIpc) is 3.56. The number of carboxylic acid groups (broad SMARTS) is 1. The van der Waals surface area contributed by atoms with Gasteiger partial charge in [0.15, 0.2) is 11.6 Å². The highest BCUT2D eigenvalue weighted by Crippen LogP contribution is 2.49. The smallest absolute Gasteiger partial charge is 0.433 e. The molecule has 42 heavy (non-hydrogen) atoms. The van der Waals surface area contributed by atoms with Crippen molar-refractivity contribution in [2.24, 2.45) is 23.7 Å². The van der Waals surface area contributed by atoms with Gasteiger partial charge in [-0.2, -0.15) is 13.2 Å². The van der Waals surface area contributed by atoms with E-state index in [2.05, 4.69) is 20.6 Å². The van der Waals surface area contributed by atoms with Gasteiger partial charge in [-0.1, -0.05) is 0 Å². The van der Waals surface area contributed by atoms with Crippen LogP contribution in [0.1, 0.15) is 61.0 Å². The summed E-state index contributed by atoms with van der Waals surface area (Å²) in [6.45, 7) is 0. The first-order chi connectivity index (χ1) is 19.9. The van der Waals surface area contributed by atoms with Crippen LogP contribution in [0.3, 0.4) is 0 Å². The third kappa shape index (κ3) is 6.12. The number of nitrogens with zero attached hydrogens (tertiary/aromatic N) is 2. The third-order valence-electron chi connectivity index (χ3n) is 8.51. The molecule has 10 nitrogen and oxygen atoms in total. The Morgan fingerprint density at radius 2 is 1.74 bits per heavy atom. The molecule has 5 rings (SSSR count). The maximum Gasteiger partial charge on any atom is 0.433 e. The minimum Gasteiger partial charge on any atom is -0.496 e. The molecular weight excluding hydrogens is 564 g/mol. The number of hydrogen-bond donors (Lipinski definition) is 3. The predicted molar refractivity (Wildman–Crippen MR) is 138 cm³/mol. The zero-order chi connectivity index (χ0) is 30.2. The van der Waals surface area contributed by atoms with Crippen LogP contribution in [0.2, 0.25) is 0 Å². The largest absolute Gasteiger partial charge is 0.496 e. The van der Waals surface area contributed by atoms with E-state index in [1.165, 1.54) is 13.2 Å². The van der Waals surface area contributed by atoms with Crippen LogP contribution >= 0.6 is 0 Å². The van der Waals surface area contributed by atoms with Crippen molar-refractivity contribution in [3.05, 3.63) is 41.5 Å². The number of halogens is 4. The van der Waals surface area contributed by atoms with E-state index in [-0.39, 0.29) is 28.9 Å². The first-order valence-electron chi connectivity index (χ1n) is 13.7. The van der Waals surface area contributed by atoms with Crippen LogP contribution in [-0.2, 0) is 15.8 Å². The number of fused-ring (bicyclic) bond motifs is 2. The molecule has 0 unspecified atom stereocenters. The van der Waals surface area contributed by atoms with Crippen molar-refractivity contribution in [2.45, 2.75) is 63.3 Å². The lowest BCUT2D eigenvalue weighted by Crippen LogP contribution is -2.48. The quantitative estimate of drug-likeness (QED) is 0.381. The first-order valence-corrected chi connectivity index (χ1v) is 13.7. The van der Waals surface area contributed by atoms with Crippen LogP contribution in [0, 0.1) is 29.5 Å². The number of ether oxygens (including phenoxy) is 2. The second kappa shape index (κ2) is 11.7. The molecule has 0 aliphatic heterocycles. The fourth-order valence-electron chi connectivity index (χ4n) is 6.45. The van der Waals surface area contributed by atoms with Crippen molar-refractivity contribution < 1.29 is 46.5 Å². The van der Waals surface area contributed by atoms with Crippen molar-refractivity contribution in [2.75, 3.05) is 12.4 Å². The molecule has 2 amide bonds. The van der Waals surface area contributed by atoms with Crippen LogP contribution in [0.4, 0.5) is 23.5 Å². The summed E-state index contributed by atoms with van der Waals surface area (Å²) in [6, 6.07) is 2.33. The van der Waals surface area contributed by atoms with Gasteiger partial charge in [0.25, 0.3) is 5.91 Å². The minimum atomic E-state index is -4.71. The molecule has 2 aromatic rings. The van der Waals surface area contributed by atoms with Gasteiger partial charge in [-0.3, -0.25) is 19.7 Å². The number of amides is 2. The minimum absolute atomic E-state index is 0.0173. The number of alkyl halides is 3. The second-order valence-corrected chi connectivity index (χ2v) is 11.0. The van der Waals surface area contributed by atoms with E-state index in [9.17, 15) is 37.1 Å². The fraction of sp³-hybridized carbons (Fsp3) is 0.536. The van der Waals surface area contributed by atoms with Crippen molar-refractivity contribution in [3.8, 4) is 11.5 Å². The normalized spacial score (nSPS) is 26.9. The van der Waals surface area contributed by atoms with Crippen LogP contribution in [0.25, 0.3) is 0 Å². The molecule has 0 spiro atoms. The van der Waals surface area contributed by atoms with Gasteiger partial charge in [0.2, 0.25) is 11.9 Å². The summed E-state index contributed by atoms with van der Waals surface area (Å²) >= 11 is 0. The van der Waals surface area contributed by atoms with Crippen molar-refractivity contribution in [1.29, 1.82) is 0 Å². The predicted octanol–water partition coefficient (Wildman–Crippen LogP) is 4.45. The van der Waals surface area contributed by atoms with E-state index in [0.717, 1.165) is 25.1 Å². The van der Waals surface area contributed by atoms with E-state index >= 15 is 0 Å². The molecule has 1 heterocycles. The molecule has 14 heteroatoms. The molecular formula is C28H30F4N4O6. The van der Waals surface area contributed by atoms with Crippen molar-refractivity contribution >= 4 is 23.7 Å². The Balaban J connectivity index is 1.31. The molecule has 3 aliphatic carbocycles. The molecule has 0 saturated heterocycles. The number of carboxylic acids is 1. The number of aliphatic carboxylic acids is 1. The van der Waals surface area contributed by atoms with Crippen LogP contribution < -0.4 is 20.1 Å². The Morgan fingerprint density at radius 3 is 2.40 bits per heavy atom. The zero-order valence-corrected chi connectivity index (χ0v) is 22.6. The van der Waals surface area contributed by atoms with Gasteiger partial charge in [0.05, 0.1) is 30.6 Å². The fourth-order valence-corrected chi connectivity index (χ4v) is 6.45. The summed E-state index contributed by atoms with van der Waals surface area (Å²) in [5, 5.41) is 14.5. The Bertz CT molecular complexity index is 1360. The van der Waals surface area contributed by atoms with Gasteiger partial charge in [-0.15, -0.1) is 0 Å². The van der Waals surface area contributed by atoms with Crippen molar-refractivity contribution in [3.63, 3.8) is 0 Å². The number of rotatable bonds is 8. The Morgan fingerprint density at radius 1 is 1.02 bits per heavy atom. The highest BCUT2D eigenvalue weighted by Gasteiger charge is 2.51. The SMILES string of the molecule is COc1cc(F)c(O[C@H]2CC[C@@H](C(=O)O)CC2)cc1C(=O)N[C@@H]1[C@H]2CC[C@H](C2)[C@@H]1C(=O)Nc1nccc(C(F)(F)F)n1. The lowest BCUT2D eigenvalue weighted by atomic mass is 9.83. The summed E-state index contributed by atoms with van der Waals surface area (Å²) < 4.78 is 65.2. The maximum absolute atomic E-state index is 14.9. The average molecular weight is 595 g/mol. The molecule has 3 N–H and O–H groups in total.